The zero-order valence-corrected chi connectivity index (χ0v) is 17.0. The number of benzene rings is 1. The van der Waals surface area contributed by atoms with Crippen molar-refractivity contribution in [2.24, 2.45) is 0 Å². The van der Waals surface area contributed by atoms with Gasteiger partial charge in [0, 0.05) is 41.8 Å². The minimum absolute atomic E-state index is 0.0579. The summed E-state index contributed by atoms with van der Waals surface area (Å²) >= 11 is 7.58. The molecule has 148 valence electrons. The highest BCUT2D eigenvalue weighted by Gasteiger charge is 2.22. The number of rotatable bonds is 4. The molecule has 7 nitrogen and oxygen atoms in total. The number of nitrogens with one attached hydrogen (secondary N) is 2. The molecule has 1 fully saturated rings. The monoisotopic (exact) mass is 419 g/mol. The predicted molar refractivity (Wildman–Crippen MR) is 111 cm³/mol. The quantitative estimate of drug-likeness (QED) is 0.798. The maximum Gasteiger partial charge on any atom is 0.317 e. The number of thiazole rings is 1. The zero-order valence-electron chi connectivity index (χ0n) is 15.4. The second-order valence-electron chi connectivity index (χ2n) is 6.90. The van der Waals surface area contributed by atoms with Gasteiger partial charge >= 0.3 is 6.03 Å². The topological polar surface area (TPSA) is 77.6 Å². The Labute approximate surface area is 172 Å². The first-order valence-corrected chi connectivity index (χ1v) is 10.6. The Morgan fingerprint density at radius 2 is 2.00 bits per heavy atom. The lowest BCUT2D eigenvalue weighted by molar-refractivity contribution is -0.115. The molecule has 1 aliphatic heterocycles. The van der Waals surface area contributed by atoms with Crippen molar-refractivity contribution in [1.29, 1.82) is 0 Å². The first-order chi connectivity index (χ1) is 13.6. The number of hydrogen-bond donors (Lipinski definition) is 2. The lowest BCUT2D eigenvalue weighted by atomic mass is 10.2. The third-order valence-corrected chi connectivity index (χ3v) is 6.29. The molecule has 9 heteroatoms. The van der Waals surface area contributed by atoms with E-state index in [1.165, 1.54) is 16.2 Å². The van der Waals surface area contributed by atoms with Crippen molar-refractivity contribution in [1.82, 2.24) is 15.2 Å². The van der Waals surface area contributed by atoms with Gasteiger partial charge in [-0.05, 0) is 37.5 Å². The summed E-state index contributed by atoms with van der Waals surface area (Å²) in [5, 5.41) is 6.80. The van der Waals surface area contributed by atoms with E-state index < -0.39 is 0 Å². The number of urea groups is 1. The number of carbonyl (C=O) groups is 2. The number of aryl methyl sites for hydroxylation is 2. The van der Waals surface area contributed by atoms with E-state index in [0.717, 1.165) is 43.7 Å². The van der Waals surface area contributed by atoms with Crippen molar-refractivity contribution in [3.8, 4) is 0 Å². The molecule has 3 amide bonds. The Balaban J connectivity index is 1.21. The van der Waals surface area contributed by atoms with Gasteiger partial charge in [-0.3, -0.25) is 4.79 Å². The molecule has 0 spiro atoms. The highest BCUT2D eigenvalue weighted by atomic mass is 35.5. The summed E-state index contributed by atoms with van der Waals surface area (Å²) in [6.45, 7) is 2.59. The van der Waals surface area contributed by atoms with Crippen LogP contribution >= 0.6 is 22.9 Å². The van der Waals surface area contributed by atoms with Crippen LogP contribution < -0.4 is 15.5 Å². The minimum Gasteiger partial charge on any atom is -0.368 e. The van der Waals surface area contributed by atoms with E-state index >= 15 is 0 Å². The van der Waals surface area contributed by atoms with Crippen LogP contribution in [0.5, 0.6) is 0 Å². The number of anilines is 2. The Hall–Kier alpha value is -2.32. The molecule has 0 saturated carbocycles. The lowest BCUT2D eigenvalue weighted by Gasteiger charge is -2.36. The number of fused-ring (bicyclic) bond motifs is 1. The van der Waals surface area contributed by atoms with Crippen LogP contribution in [0.3, 0.4) is 0 Å². The highest BCUT2D eigenvalue weighted by molar-refractivity contribution is 7.15. The molecule has 0 unspecified atom stereocenters. The van der Waals surface area contributed by atoms with Gasteiger partial charge in [-0.2, -0.15) is 0 Å². The molecular formula is C19H22ClN5O2S. The van der Waals surface area contributed by atoms with E-state index in [-0.39, 0.29) is 18.5 Å². The van der Waals surface area contributed by atoms with Crippen LogP contribution in [0.1, 0.15) is 17.0 Å². The molecule has 0 radical (unpaired) electrons. The van der Waals surface area contributed by atoms with Crippen LogP contribution in [0.25, 0.3) is 0 Å². The smallest absolute Gasteiger partial charge is 0.317 e. The van der Waals surface area contributed by atoms with E-state index in [9.17, 15) is 9.59 Å². The van der Waals surface area contributed by atoms with Crippen LogP contribution in [0, 0.1) is 0 Å². The highest BCUT2D eigenvalue weighted by Crippen LogP contribution is 2.30. The number of halogens is 1. The maximum atomic E-state index is 12.3. The second-order valence-corrected chi connectivity index (χ2v) is 8.42. The van der Waals surface area contributed by atoms with Crippen molar-refractivity contribution < 1.29 is 9.59 Å². The average Bonchev–Trinajstić information content (AvgIpc) is 3.28. The van der Waals surface area contributed by atoms with E-state index in [0.29, 0.717) is 23.2 Å². The van der Waals surface area contributed by atoms with Crippen LogP contribution in [0.15, 0.2) is 24.3 Å². The average molecular weight is 420 g/mol. The summed E-state index contributed by atoms with van der Waals surface area (Å²) in [6.07, 6.45) is 3.17. The molecule has 4 rings (SSSR count). The molecule has 2 aliphatic rings. The van der Waals surface area contributed by atoms with E-state index in [4.69, 9.17) is 11.6 Å². The molecule has 1 aromatic heterocycles. The molecule has 0 bridgehead atoms. The molecule has 0 atom stereocenters. The second kappa shape index (κ2) is 8.36. The Kier molecular flexibility index (Phi) is 5.68. The SMILES string of the molecule is O=C(CNC(=O)N1CCN(c2cccc(Cl)c2)CC1)Nc1nc2c(s1)CCC2. The number of piperazine rings is 1. The van der Waals surface area contributed by atoms with Crippen molar-refractivity contribution >= 4 is 45.7 Å². The van der Waals surface area contributed by atoms with Crippen molar-refractivity contribution in [3.63, 3.8) is 0 Å². The fourth-order valence-corrected chi connectivity index (χ4v) is 4.77. The van der Waals surface area contributed by atoms with Gasteiger partial charge in [0.15, 0.2) is 5.13 Å². The van der Waals surface area contributed by atoms with Gasteiger partial charge in [-0.1, -0.05) is 17.7 Å². The van der Waals surface area contributed by atoms with Crippen molar-refractivity contribution in [3.05, 3.63) is 39.9 Å². The predicted octanol–water partition coefficient (Wildman–Crippen LogP) is 2.76. The van der Waals surface area contributed by atoms with Gasteiger partial charge in [0.05, 0.1) is 12.2 Å². The number of aromatic nitrogens is 1. The number of nitrogens with zero attached hydrogens (tertiary/aromatic N) is 3. The minimum atomic E-state index is -0.252. The summed E-state index contributed by atoms with van der Waals surface area (Å²) in [4.78, 5) is 34.1. The Bertz CT molecular complexity index is 857. The van der Waals surface area contributed by atoms with Gasteiger partial charge in [-0.15, -0.1) is 11.3 Å². The molecule has 1 aliphatic carbocycles. The van der Waals surface area contributed by atoms with Gasteiger partial charge in [-0.25, -0.2) is 9.78 Å². The molecule has 28 heavy (non-hydrogen) atoms. The zero-order chi connectivity index (χ0) is 19.5. The molecule has 1 aromatic carbocycles. The third kappa shape index (κ3) is 4.39. The molecule has 2 N–H and O–H groups in total. The summed E-state index contributed by atoms with van der Waals surface area (Å²) < 4.78 is 0. The fourth-order valence-electron chi connectivity index (χ4n) is 3.52. The number of amides is 3. The van der Waals surface area contributed by atoms with Crippen LogP contribution in [0.2, 0.25) is 5.02 Å². The first kappa shape index (κ1) is 19.0. The van der Waals surface area contributed by atoms with E-state index in [1.807, 2.05) is 24.3 Å². The molecule has 1 saturated heterocycles. The van der Waals surface area contributed by atoms with Crippen molar-refractivity contribution in [2.75, 3.05) is 42.9 Å². The van der Waals surface area contributed by atoms with Gasteiger partial charge in [0.2, 0.25) is 5.91 Å². The number of carbonyl (C=O) groups excluding carboxylic acids is 2. The molecular weight excluding hydrogens is 398 g/mol. The summed E-state index contributed by atoms with van der Waals surface area (Å²) in [7, 11) is 0. The molecule has 2 aromatic rings. The maximum absolute atomic E-state index is 12.3. The van der Waals surface area contributed by atoms with Gasteiger partial charge in [0.1, 0.15) is 0 Å². The van der Waals surface area contributed by atoms with Gasteiger partial charge < -0.3 is 20.4 Å². The van der Waals surface area contributed by atoms with E-state index in [1.54, 1.807) is 4.90 Å². The standard InChI is InChI=1S/C19H22ClN5O2S/c20-13-3-1-4-14(11-13)24-7-9-25(10-8-24)19(27)21-12-17(26)23-18-22-15-5-2-6-16(15)28-18/h1,3-4,11H,2,5-10,12H2,(H,21,27)(H,22,23,26). The fraction of sp³-hybridized carbons (Fsp3) is 0.421. The van der Waals surface area contributed by atoms with Gasteiger partial charge in [0.25, 0.3) is 0 Å². The van der Waals surface area contributed by atoms with Crippen LogP contribution in [-0.4, -0.2) is 54.5 Å². The largest absolute Gasteiger partial charge is 0.368 e. The Morgan fingerprint density at radius 1 is 1.18 bits per heavy atom. The summed E-state index contributed by atoms with van der Waals surface area (Å²) in [5.74, 6) is -0.252. The molecule has 2 heterocycles. The third-order valence-electron chi connectivity index (χ3n) is 4.98. The summed E-state index contributed by atoms with van der Waals surface area (Å²) in [6, 6.07) is 7.49. The Morgan fingerprint density at radius 3 is 2.75 bits per heavy atom. The van der Waals surface area contributed by atoms with E-state index in [2.05, 4.69) is 20.5 Å². The first-order valence-electron chi connectivity index (χ1n) is 9.40. The van der Waals surface area contributed by atoms with Crippen molar-refractivity contribution in [2.45, 2.75) is 19.3 Å². The normalized spacial score (nSPS) is 16.0. The lowest BCUT2D eigenvalue weighted by Crippen LogP contribution is -2.52. The van der Waals surface area contributed by atoms with Crippen LogP contribution in [0.4, 0.5) is 15.6 Å². The number of hydrogen-bond acceptors (Lipinski definition) is 5. The summed E-state index contributed by atoms with van der Waals surface area (Å²) in [5.41, 5.74) is 2.16. The van der Waals surface area contributed by atoms with Crippen LogP contribution in [-0.2, 0) is 17.6 Å².